The quantitative estimate of drug-likeness (QED) is 0.454. The fraction of sp³-hybridized carbons (Fsp3) is 0.125. The molecule has 1 rings (SSSR count). The van der Waals surface area contributed by atoms with Gasteiger partial charge < -0.3 is 5.73 Å². The minimum atomic E-state index is 0.500. The maximum absolute atomic E-state index is 7.56. The summed E-state index contributed by atoms with van der Waals surface area (Å²) in [6, 6.07) is 5.54. The van der Waals surface area contributed by atoms with Crippen molar-refractivity contribution < 1.29 is 0 Å². The van der Waals surface area contributed by atoms with Gasteiger partial charge in [0.05, 0.1) is 5.04 Å². The Kier molecular flexibility index (Phi) is 3.17. The van der Waals surface area contributed by atoms with E-state index in [0.717, 1.165) is 10.0 Å². The van der Waals surface area contributed by atoms with Gasteiger partial charge in [-0.05, 0) is 24.5 Å². The second-order valence-electron chi connectivity index (χ2n) is 2.26. The molecular weight excluding hydrogens is 236 g/mol. The van der Waals surface area contributed by atoms with Gasteiger partial charge in [-0.1, -0.05) is 15.9 Å². The van der Waals surface area contributed by atoms with E-state index in [-0.39, 0.29) is 0 Å². The molecule has 0 spiro atoms. The summed E-state index contributed by atoms with van der Waals surface area (Å²) in [4.78, 5) is 0. The van der Waals surface area contributed by atoms with Crippen molar-refractivity contribution in [1.29, 1.82) is 5.41 Å². The third-order valence-electron chi connectivity index (χ3n) is 1.46. The van der Waals surface area contributed by atoms with E-state index in [9.17, 15) is 0 Å². The molecule has 0 fully saturated rings. The molecule has 64 valence electrons. The molecule has 0 aliphatic carbocycles. The van der Waals surface area contributed by atoms with E-state index in [2.05, 4.69) is 15.9 Å². The first-order valence-corrected chi connectivity index (χ1v) is 5.35. The van der Waals surface area contributed by atoms with Crippen molar-refractivity contribution in [3.8, 4) is 0 Å². The lowest BCUT2D eigenvalue weighted by Gasteiger charge is -2.04. The van der Waals surface area contributed by atoms with Crippen LogP contribution in [-0.4, -0.2) is 11.3 Å². The molecule has 1 aromatic carbocycles. The van der Waals surface area contributed by atoms with Crippen LogP contribution in [0.5, 0.6) is 0 Å². The Morgan fingerprint density at radius 3 is 2.75 bits per heavy atom. The van der Waals surface area contributed by atoms with Crippen LogP contribution in [0.1, 0.15) is 5.56 Å². The minimum Gasteiger partial charge on any atom is -0.398 e. The van der Waals surface area contributed by atoms with Crippen molar-refractivity contribution in [2.75, 3.05) is 12.0 Å². The Hall–Kier alpha value is -0.480. The SMILES string of the molecule is CSC(=N)c1ccc(Br)cc1N. The molecule has 0 amide bonds. The van der Waals surface area contributed by atoms with Crippen molar-refractivity contribution >= 4 is 38.4 Å². The molecule has 0 saturated heterocycles. The van der Waals surface area contributed by atoms with Gasteiger partial charge in [0.2, 0.25) is 0 Å². The number of nitrogens with one attached hydrogen (secondary N) is 1. The van der Waals surface area contributed by atoms with Crippen molar-refractivity contribution in [2.45, 2.75) is 0 Å². The average Bonchev–Trinajstić information content (AvgIpc) is 2.03. The maximum atomic E-state index is 7.56. The van der Waals surface area contributed by atoms with Crippen LogP contribution in [0.25, 0.3) is 0 Å². The van der Waals surface area contributed by atoms with Crippen molar-refractivity contribution in [3.63, 3.8) is 0 Å². The molecule has 0 bridgehead atoms. The first-order chi connectivity index (χ1) is 5.65. The molecule has 1 aromatic rings. The fourth-order valence-corrected chi connectivity index (χ4v) is 1.63. The lowest BCUT2D eigenvalue weighted by Crippen LogP contribution is -1.98. The number of halogens is 1. The van der Waals surface area contributed by atoms with Gasteiger partial charge in [-0.15, -0.1) is 11.8 Å². The Bertz CT molecular complexity index is 312. The normalized spacial score (nSPS) is 9.83. The van der Waals surface area contributed by atoms with Crippen LogP contribution in [-0.2, 0) is 0 Å². The first kappa shape index (κ1) is 9.61. The number of nitrogen functional groups attached to an aromatic ring is 1. The van der Waals surface area contributed by atoms with Gasteiger partial charge in [-0.25, -0.2) is 0 Å². The molecule has 12 heavy (non-hydrogen) atoms. The molecule has 0 heterocycles. The molecule has 4 heteroatoms. The monoisotopic (exact) mass is 244 g/mol. The summed E-state index contributed by atoms with van der Waals surface area (Å²) in [5, 5.41) is 8.06. The summed E-state index contributed by atoms with van der Waals surface area (Å²) >= 11 is 4.70. The zero-order valence-corrected chi connectivity index (χ0v) is 9.00. The van der Waals surface area contributed by atoms with E-state index < -0.39 is 0 Å². The maximum Gasteiger partial charge on any atom is 0.0960 e. The van der Waals surface area contributed by atoms with Crippen LogP contribution in [0.3, 0.4) is 0 Å². The molecule has 0 aromatic heterocycles. The molecule has 3 N–H and O–H groups in total. The third-order valence-corrected chi connectivity index (χ3v) is 2.58. The number of hydrogen-bond donors (Lipinski definition) is 2. The van der Waals surface area contributed by atoms with Gasteiger partial charge in [0.1, 0.15) is 0 Å². The van der Waals surface area contributed by atoms with Gasteiger partial charge in [0.25, 0.3) is 0 Å². The van der Waals surface area contributed by atoms with E-state index >= 15 is 0 Å². The lowest BCUT2D eigenvalue weighted by atomic mass is 10.2. The second kappa shape index (κ2) is 3.96. The summed E-state index contributed by atoms with van der Waals surface area (Å²) in [6.45, 7) is 0. The van der Waals surface area contributed by atoms with Gasteiger partial charge in [-0.3, -0.25) is 5.41 Å². The minimum absolute atomic E-state index is 0.500. The van der Waals surface area contributed by atoms with Crippen molar-refractivity contribution in [3.05, 3.63) is 28.2 Å². The van der Waals surface area contributed by atoms with E-state index in [4.69, 9.17) is 11.1 Å². The van der Waals surface area contributed by atoms with Crippen LogP contribution in [0.15, 0.2) is 22.7 Å². The molecule has 0 saturated carbocycles. The Balaban J connectivity index is 3.09. The number of benzene rings is 1. The molecule has 0 atom stereocenters. The summed E-state index contributed by atoms with van der Waals surface area (Å²) in [5.41, 5.74) is 7.15. The van der Waals surface area contributed by atoms with Gasteiger partial charge >= 0.3 is 0 Å². The highest BCUT2D eigenvalue weighted by atomic mass is 79.9. The zero-order valence-electron chi connectivity index (χ0n) is 6.60. The first-order valence-electron chi connectivity index (χ1n) is 3.33. The van der Waals surface area contributed by atoms with Crippen LogP contribution < -0.4 is 5.73 Å². The zero-order chi connectivity index (χ0) is 9.14. The molecule has 2 nitrogen and oxygen atoms in total. The predicted molar refractivity (Wildman–Crippen MR) is 58.9 cm³/mol. The second-order valence-corrected chi connectivity index (χ2v) is 4.00. The average molecular weight is 245 g/mol. The number of thioether (sulfide) groups is 1. The molecular formula is C8H9BrN2S. The van der Waals surface area contributed by atoms with Crippen molar-refractivity contribution in [2.24, 2.45) is 0 Å². The highest BCUT2D eigenvalue weighted by Crippen LogP contribution is 2.21. The van der Waals surface area contributed by atoms with Crippen LogP contribution in [0.2, 0.25) is 0 Å². The largest absolute Gasteiger partial charge is 0.398 e. The Labute approximate surface area is 84.2 Å². The smallest absolute Gasteiger partial charge is 0.0960 e. The van der Waals surface area contributed by atoms with E-state index in [1.807, 2.05) is 18.4 Å². The van der Waals surface area contributed by atoms with Crippen LogP contribution in [0, 0.1) is 5.41 Å². The van der Waals surface area contributed by atoms with E-state index in [0.29, 0.717) is 10.7 Å². The summed E-state index contributed by atoms with van der Waals surface area (Å²) in [6.07, 6.45) is 1.86. The van der Waals surface area contributed by atoms with Gasteiger partial charge in [0.15, 0.2) is 0 Å². The topological polar surface area (TPSA) is 49.9 Å². The summed E-state index contributed by atoms with van der Waals surface area (Å²) in [7, 11) is 0. The third kappa shape index (κ3) is 2.01. The highest BCUT2D eigenvalue weighted by Gasteiger charge is 2.03. The summed E-state index contributed by atoms with van der Waals surface area (Å²) < 4.78 is 0.942. The molecule has 0 unspecified atom stereocenters. The van der Waals surface area contributed by atoms with Crippen molar-refractivity contribution in [1.82, 2.24) is 0 Å². The number of rotatable bonds is 1. The predicted octanol–water partition coefficient (Wildman–Crippen LogP) is 2.72. The molecule has 0 radical (unpaired) electrons. The van der Waals surface area contributed by atoms with Gasteiger partial charge in [-0.2, -0.15) is 0 Å². The van der Waals surface area contributed by atoms with Crippen LogP contribution >= 0.6 is 27.7 Å². The Morgan fingerprint density at radius 1 is 1.58 bits per heavy atom. The highest BCUT2D eigenvalue weighted by molar-refractivity contribution is 9.10. The summed E-state index contributed by atoms with van der Waals surface area (Å²) in [5.74, 6) is 0. The molecule has 0 aliphatic rings. The van der Waals surface area contributed by atoms with E-state index in [1.54, 1.807) is 6.07 Å². The number of nitrogens with two attached hydrogens (primary N) is 1. The van der Waals surface area contributed by atoms with Crippen LogP contribution in [0.4, 0.5) is 5.69 Å². The standard InChI is InChI=1S/C8H9BrN2S/c1-12-8(11)6-3-2-5(9)4-7(6)10/h2-4,11H,10H2,1H3. The number of anilines is 1. The number of hydrogen-bond acceptors (Lipinski definition) is 3. The fourth-order valence-electron chi connectivity index (χ4n) is 0.850. The molecule has 0 aliphatic heterocycles. The Morgan fingerprint density at radius 2 is 2.25 bits per heavy atom. The lowest BCUT2D eigenvalue weighted by molar-refractivity contribution is 1.52. The van der Waals surface area contributed by atoms with E-state index in [1.165, 1.54) is 11.8 Å². The van der Waals surface area contributed by atoms with Gasteiger partial charge in [0, 0.05) is 15.7 Å².